The second-order valence-corrected chi connectivity index (χ2v) is 6.50. The van der Waals surface area contributed by atoms with E-state index in [2.05, 4.69) is 10.4 Å². The molecule has 2 amide bonds. The quantitative estimate of drug-likeness (QED) is 0.619. The van der Waals surface area contributed by atoms with Crippen LogP contribution < -0.4 is 10.3 Å². The van der Waals surface area contributed by atoms with Crippen LogP contribution in [-0.4, -0.2) is 35.9 Å². The van der Waals surface area contributed by atoms with Crippen LogP contribution >= 0.6 is 11.3 Å². The van der Waals surface area contributed by atoms with Gasteiger partial charge in [-0.15, -0.1) is 11.3 Å². The summed E-state index contributed by atoms with van der Waals surface area (Å²) in [5.74, 6) is -0.847. The summed E-state index contributed by atoms with van der Waals surface area (Å²) in [6, 6.07) is 4.45. The van der Waals surface area contributed by atoms with E-state index in [1.807, 2.05) is 0 Å². The normalized spacial score (nSPS) is 11.8. The number of anilines is 2. The molecule has 0 unspecified atom stereocenters. The first-order chi connectivity index (χ1) is 12.6. The largest absolute Gasteiger partial charge is 0.416 e. The third-order valence-electron chi connectivity index (χ3n) is 3.19. The highest BCUT2D eigenvalue weighted by Gasteiger charge is 2.31. The Kier molecular flexibility index (Phi) is 6.34. The summed E-state index contributed by atoms with van der Waals surface area (Å²) in [7, 11) is 3.32. The van der Waals surface area contributed by atoms with E-state index < -0.39 is 17.6 Å². The van der Waals surface area contributed by atoms with E-state index in [1.165, 1.54) is 36.2 Å². The molecule has 144 valence electrons. The van der Waals surface area contributed by atoms with Gasteiger partial charge in [0.15, 0.2) is 5.13 Å². The third kappa shape index (κ3) is 5.63. The molecule has 1 aromatic heterocycles. The minimum Gasteiger partial charge on any atom is -0.286 e. The van der Waals surface area contributed by atoms with Crippen molar-refractivity contribution in [2.45, 2.75) is 13.1 Å². The molecule has 0 radical (unpaired) electrons. The first kappa shape index (κ1) is 20.6. The number of carbonyl (C=O) groups excluding carboxylic acids is 2. The first-order valence-corrected chi connectivity index (χ1v) is 8.55. The topological polar surface area (TPSA) is 65.5 Å². The standard InChI is InChI=1S/C17H17F3N4O2S/c1-11(25)24(14-6-4-5-12(9-14)17(18,19)20)16-21-13(10-27-16)7-8-15(26)22-23(2)3/h4-10H,1-3H3,(H,22,26)/b8-7+. The number of hydrogen-bond donors (Lipinski definition) is 1. The molecule has 1 heterocycles. The molecule has 0 fully saturated rings. The van der Waals surface area contributed by atoms with Crippen LogP contribution in [0.15, 0.2) is 35.7 Å². The Morgan fingerprint density at radius 3 is 2.56 bits per heavy atom. The highest BCUT2D eigenvalue weighted by Crippen LogP contribution is 2.34. The van der Waals surface area contributed by atoms with Crippen molar-refractivity contribution >= 4 is 40.0 Å². The minimum absolute atomic E-state index is 0.0626. The smallest absolute Gasteiger partial charge is 0.286 e. The number of rotatable bonds is 5. The minimum atomic E-state index is -4.52. The summed E-state index contributed by atoms with van der Waals surface area (Å²) in [6.07, 6.45) is -1.81. The number of benzene rings is 1. The second kappa shape index (κ2) is 8.31. The van der Waals surface area contributed by atoms with Gasteiger partial charge in [-0.2, -0.15) is 13.2 Å². The van der Waals surface area contributed by atoms with E-state index in [4.69, 9.17) is 0 Å². The third-order valence-corrected chi connectivity index (χ3v) is 4.03. The number of thiazole rings is 1. The SMILES string of the molecule is CC(=O)N(c1cccc(C(F)(F)F)c1)c1nc(/C=C/C(=O)NN(C)C)cs1. The van der Waals surface area contributed by atoms with E-state index in [0.29, 0.717) is 5.69 Å². The molecule has 1 aromatic carbocycles. The Balaban J connectivity index is 2.29. The molecule has 0 saturated carbocycles. The summed E-state index contributed by atoms with van der Waals surface area (Å²) in [4.78, 5) is 28.9. The number of alkyl halides is 3. The van der Waals surface area contributed by atoms with Crippen molar-refractivity contribution in [1.82, 2.24) is 15.4 Å². The Morgan fingerprint density at radius 1 is 1.26 bits per heavy atom. The van der Waals surface area contributed by atoms with Crippen LogP contribution in [-0.2, 0) is 15.8 Å². The molecule has 27 heavy (non-hydrogen) atoms. The van der Waals surface area contributed by atoms with Crippen LogP contribution in [0.25, 0.3) is 6.08 Å². The van der Waals surface area contributed by atoms with Crippen molar-refractivity contribution in [3.8, 4) is 0 Å². The van der Waals surface area contributed by atoms with Crippen LogP contribution in [0, 0.1) is 0 Å². The fourth-order valence-electron chi connectivity index (χ4n) is 2.12. The molecule has 2 aromatic rings. The van der Waals surface area contributed by atoms with Gasteiger partial charge in [-0.25, -0.2) is 9.99 Å². The summed E-state index contributed by atoms with van der Waals surface area (Å²) in [5.41, 5.74) is 2.13. The van der Waals surface area contributed by atoms with Crippen molar-refractivity contribution in [2.75, 3.05) is 19.0 Å². The fourth-order valence-corrected chi connectivity index (χ4v) is 2.98. The van der Waals surface area contributed by atoms with Gasteiger partial charge in [0, 0.05) is 32.5 Å². The van der Waals surface area contributed by atoms with Gasteiger partial charge in [0.2, 0.25) is 5.91 Å². The second-order valence-electron chi connectivity index (χ2n) is 5.66. The molecule has 0 bridgehead atoms. The molecule has 0 spiro atoms. The fraction of sp³-hybridized carbons (Fsp3) is 0.235. The Labute approximate surface area is 157 Å². The van der Waals surface area contributed by atoms with Crippen LogP contribution in [0.3, 0.4) is 0 Å². The van der Waals surface area contributed by atoms with Crippen molar-refractivity contribution in [2.24, 2.45) is 0 Å². The van der Waals surface area contributed by atoms with E-state index in [1.54, 1.807) is 19.5 Å². The van der Waals surface area contributed by atoms with E-state index in [0.717, 1.165) is 28.4 Å². The molecule has 6 nitrogen and oxygen atoms in total. The monoisotopic (exact) mass is 398 g/mol. The molecule has 0 aliphatic rings. The maximum Gasteiger partial charge on any atom is 0.416 e. The lowest BCUT2D eigenvalue weighted by Crippen LogP contribution is -2.34. The van der Waals surface area contributed by atoms with Crippen LogP contribution in [0.4, 0.5) is 24.0 Å². The van der Waals surface area contributed by atoms with Crippen molar-refractivity contribution in [1.29, 1.82) is 0 Å². The predicted octanol–water partition coefficient (Wildman–Crippen LogP) is 3.45. The summed E-state index contributed by atoms with van der Waals surface area (Å²) in [5, 5.41) is 3.28. The molecule has 0 atom stereocenters. The van der Waals surface area contributed by atoms with Gasteiger partial charge in [0.1, 0.15) is 0 Å². The summed E-state index contributed by atoms with van der Waals surface area (Å²) >= 11 is 1.08. The van der Waals surface area contributed by atoms with Crippen molar-refractivity contribution < 1.29 is 22.8 Å². The molecule has 1 N–H and O–H groups in total. The van der Waals surface area contributed by atoms with Crippen molar-refractivity contribution in [3.63, 3.8) is 0 Å². The number of amides is 2. The molecule has 2 rings (SSSR count). The zero-order chi connectivity index (χ0) is 20.2. The first-order valence-electron chi connectivity index (χ1n) is 7.67. The summed E-state index contributed by atoms with van der Waals surface area (Å²) < 4.78 is 38.8. The lowest BCUT2D eigenvalue weighted by atomic mass is 10.2. The number of hydrazine groups is 1. The maximum atomic E-state index is 12.9. The van der Waals surface area contributed by atoms with Crippen molar-refractivity contribution in [3.05, 3.63) is 47.0 Å². The van der Waals surface area contributed by atoms with E-state index in [-0.39, 0.29) is 16.7 Å². The average molecular weight is 398 g/mol. The number of aromatic nitrogens is 1. The lowest BCUT2D eigenvalue weighted by molar-refractivity contribution is -0.137. The predicted molar refractivity (Wildman–Crippen MR) is 97.2 cm³/mol. The molecular formula is C17H17F3N4O2S. The Hall–Kier alpha value is -2.72. The highest BCUT2D eigenvalue weighted by molar-refractivity contribution is 7.14. The van der Waals surface area contributed by atoms with E-state index in [9.17, 15) is 22.8 Å². The van der Waals surface area contributed by atoms with Crippen LogP contribution in [0.1, 0.15) is 18.2 Å². The number of nitrogens with zero attached hydrogens (tertiary/aromatic N) is 3. The maximum absolute atomic E-state index is 12.9. The zero-order valence-electron chi connectivity index (χ0n) is 14.7. The Bertz CT molecular complexity index is 862. The average Bonchev–Trinajstić information content (AvgIpc) is 3.00. The highest BCUT2D eigenvalue weighted by atomic mass is 32.1. The number of hydrogen-bond acceptors (Lipinski definition) is 5. The lowest BCUT2D eigenvalue weighted by Gasteiger charge is -2.19. The molecular weight excluding hydrogens is 381 g/mol. The number of carbonyl (C=O) groups is 2. The van der Waals surface area contributed by atoms with Gasteiger partial charge in [-0.1, -0.05) is 6.07 Å². The van der Waals surface area contributed by atoms with Gasteiger partial charge < -0.3 is 0 Å². The van der Waals surface area contributed by atoms with Gasteiger partial charge in [-0.3, -0.25) is 19.9 Å². The van der Waals surface area contributed by atoms with Crippen LogP contribution in [0.5, 0.6) is 0 Å². The van der Waals surface area contributed by atoms with Crippen LogP contribution in [0.2, 0.25) is 0 Å². The zero-order valence-corrected chi connectivity index (χ0v) is 15.6. The van der Waals surface area contributed by atoms with Gasteiger partial charge in [0.25, 0.3) is 5.91 Å². The Morgan fingerprint density at radius 2 is 1.96 bits per heavy atom. The molecule has 0 saturated heterocycles. The molecule has 10 heteroatoms. The van der Waals surface area contributed by atoms with Gasteiger partial charge >= 0.3 is 6.18 Å². The molecule has 0 aliphatic heterocycles. The molecule has 0 aliphatic carbocycles. The summed E-state index contributed by atoms with van der Waals surface area (Å²) in [6.45, 7) is 1.24. The number of halogens is 3. The van der Waals surface area contributed by atoms with Gasteiger partial charge in [0.05, 0.1) is 16.9 Å². The van der Waals surface area contributed by atoms with E-state index >= 15 is 0 Å². The number of nitrogens with one attached hydrogen (secondary N) is 1. The van der Waals surface area contributed by atoms with Gasteiger partial charge in [-0.05, 0) is 24.3 Å².